The molecular formula is C15H32O2. The number of hydrogen-bond acceptors (Lipinski definition) is 2. The van der Waals surface area contributed by atoms with Crippen LogP contribution in [-0.4, -0.2) is 24.9 Å². The van der Waals surface area contributed by atoms with E-state index in [4.69, 9.17) is 9.47 Å². The average Bonchev–Trinajstić information content (AvgIpc) is 2.70. The average molecular weight is 244 g/mol. The summed E-state index contributed by atoms with van der Waals surface area (Å²) < 4.78 is 10.8. The van der Waals surface area contributed by atoms with Crippen LogP contribution in [0.3, 0.4) is 0 Å². The lowest BCUT2D eigenvalue weighted by molar-refractivity contribution is 0.000267. The van der Waals surface area contributed by atoms with Crippen LogP contribution in [0.15, 0.2) is 0 Å². The molecule has 2 rings (SSSR count). The molecule has 2 heterocycles. The summed E-state index contributed by atoms with van der Waals surface area (Å²) in [7, 11) is 0. The van der Waals surface area contributed by atoms with Crippen molar-refractivity contribution in [3.8, 4) is 0 Å². The maximum atomic E-state index is 5.39. The summed E-state index contributed by atoms with van der Waals surface area (Å²) in [6, 6.07) is 0. The predicted molar refractivity (Wildman–Crippen MR) is 74.4 cm³/mol. The van der Waals surface area contributed by atoms with Crippen LogP contribution in [0.2, 0.25) is 0 Å². The molecule has 0 spiro atoms. The molecule has 17 heavy (non-hydrogen) atoms. The zero-order valence-corrected chi connectivity index (χ0v) is 12.7. The highest BCUT2D eigenvalue weighted by atomic mass is 16.5. The monoisotopic (exact) mass is 244 g/mol. The van der Waals surface area contributed by atoms with Gasteiger partial charge >= 0.3 is 0 Å². The Labute approximate surface area is 108 Å². The molecule has 2 fully saturated rings. The maximum Gasteiger partial charge on any atom is 0.0551 e. The van der Waals surface area contributed by atoms with Crippen molar-refractivity contribution in [2.75, 3.05) is 6.61 Å². The van der Waals surface area contributed by atoms with Gasteiger partial charge in [0.25, 0.3) is 0 Å². The Morgan fingerprint density at radius 2 is 1.18 bits per heavy atom. The second-order valence-corrected chi connectivity index (χ2v) is 5.16. The fraction of sp³-hybridized carbons (Fsp3) is 1.00. The number of ether oxygens (including phenoxy) is 2. The zero-order valence-electron chi connectivity index (χ0n) is 12.7. The summed E-state index contributed by atoms with van der Waals surface area (Å²) in [4.78, 5) is 0. The summed E-state index contributed by atoms with van der Waals surface area (Å²) in [5.74, 6) is 0.797. The second-order valence-electron chi connectivity index (χ2n) is 5.16. The van der Waals surface area contributed by atoms with Crippen LogP contribution in [0.1, 0.15) is 67.2 Å². The first-order valence-electron chi connectivity index (χ1n) is 7.35. The molecule has 104 valence electrons. The molecule has 0 saturated carbocycles. The number of rotatable bonds is 0. The lowest BCUT2D eigenvalue weighted by Crippen LogP contribution is -2.21. The first kappa shape index (κ1) is 16.9. The fourth-order valence-electron chi connectivity index (χ4n) is 2.02. The highest BCUT2D eigenvalue weighted by Crippen LogP contribution is 2.17. The smallest absolute Gasteiger partial charge is 0.0551 e. The Morgan fingerprint density at radius 3 is 1.41 bits per heavy atom. The van der Waals surface area contributed by atoms with E-state index < -0.39 is 0 Å². The third-order valence-corrected chi connectivity index (χ3v) is 3.18. The van der Waals surface area contributed by atoms with Gasteiger partial charge in [-0.05, 0) is 52.4 Å². The third kappa shape index (κ3) is 8.62. The maximum absolute atomic E-state index is 5.39. The lowest BCUT2D eigenvalue weighted by atomic mass is 10.0. The first-order valence-corrected chi connectivity index (χ1v) is 7.35. The van der Waals surface area contributed by atoms with Crippen molar-refractivity contribution in [2.45, 2.75) is 85.5 Å². The first-order chi connectivity index (χ1) is 8.08. The summed E-state index contributed by atoms with van der Waals surface area (Å²) in [6.07, 6.45) is 6.67. The van der Waals surface area contributed by atoms with Crippen LogP contribution in [0.5, 0.6) is 0 Å². The van der Waals surface area contributed by atoms with E-state index in [1.165, 1.54) is 25.7 Å². The molecule has 0 aliphatic carbocycles. The van der Waals surface area contributed by atoms with E-state index in [1.54, 1.807) is 0 Å². The van der Waals surface area contributed by atoms with Crippen LogP contribution in [-0.2, 0) is 9.47 Å². The summed E-state index contributed by atoms with van der Waals surface area (Å²) >= 11 is 0. The lowest BCUT2D eigenvalue weighted by Gasteiger charge is -2.23. The van der Waals surface area contributed by atoms with Crippen molar-refractivity contribution in [1.29, 1.82) is 0 Å². The Balaban J connectivity index is 0.000000265. The van der Waals surface area contributed by atoms with Gasteiger partial charge in [-0.1, -0.05) is 20.8 Å². The van der Waals surface area contributed by atoms with Crippen molar-refractivity contribution in [1.82, 2.24) is 0 Å². The standard InChI is InChI=1S/C7H14O.C6H12O.C2H6/c1-6-3-4-7(2)8-5-6;1-5-3-4-6(2)7-5;1-2/h6-7H,3-5H2,1-2H3;5-6H,3-4H2,1-2H3;1-2H3. The van der Waals surface area contributed by atoms with Gasteiger partial charge in [-0.15, -0.1) is 0 Å². The van der Waals surface area contributed by atoms with Gasteiger partial charge in [0.2, 0.25) is 0 Å². The van der Waals surface area contributed by atoms with Crippen LogP contribution >= 0.6 is 0 Å². The molecule has 2 nitrogen and oxygen atoms in total. The van der Waals surface area contributed by atoms with Crippen LogP contribution < -0.4 is 0 Å². The molecule has 0 aromatic heterocycles. The quantitative estimate of drug-likeness (QED) is 0.628. The highest BCUT2D eigenvalue weighted by Gasteiger charge is 2.16. The molecule has 0 radical (unpaired) electrons. The molecule has 0 amide bonds. The Morgan fingerprint density at radius 1 is 0.706 bits per heavy atom. The van der Waals surface area contributed by atoms with Gasteiger partial charge in [-0.3, -0.25) is 0 Å². The van der Waals surface area contributed by atoms with E-state index in [0.717, 1.165) is 12.5 Å². The summed E-state index contributed by atoms with van der Waals surface area (Å²) in [5, 5.41) is 0. The van der Waals surface area contributed by atoms with Crippen molar-refractivity contribution in [3.63, 3.8) is 0 Å². The Kier molecular flexibility index (Phi) is 9.85. The van der Waals surface area contributed by atoms with Crippen LogP contribution in [0.25, 0.3) is 0 Å². The van der Waals surface area contributed by atoms with Crippen molar-refractivity contribution in [2.24, 2.45) is 5.92 Å². The minimum Gasteiger partial charge on any atom is -0.378 e. The predicted octanol–water partition coefficient (Wildman–Crippen LogP) is 4.42. The van der Waals surface area contributed by atoms with Crippen molar-refractivity contribution in [3.05, 3.63) is 0 Å². The summed E-state index contributed by atoms with van der Waals surface area (Å²) in [6.45, 7) is 13.6. The summed E-state index contributed by atoms with van der Waals surface area (Å²) in [5.41, 5.74) is 0. The van der Waals surface area contributed by atoms with Crippen molar-refractivity contribution < 1.29 is 9.47 Å². The van der Waals surface area contributed by atoms with Gasteiger partial charge in [0, 0.05) is 6.61 Å². The largest absolute Gasteiger partial charge is 0.378 e. The van der Waals surface area contributed by atoms with Crippen LogP contribution in [0, 0.1) is 5.92 Å². The van der Waals surface area contributed by atoms with Gasteiger partial charge in [0.15, 0.2) is 0 Å². The second kappa shape index (κ2) is 9.90. The Bertz CT molecular complexity index is 144. The van der Waals surface area contributed by atoms with Gasteiger partial charge in [0.05, 0.1) is 18.3 Å². The molecule has 4 atom stereocenters. The van der Waals surface area contributed by atoms with Crippen LogP contribution in [0.4, 0.5) is 0 Å². The molecule has 2 saturated heterocycles. The van der Waals surface area contributed by atoms with E-state index in [1.807, 2.05) is 13.8 Å². The molecule has 2 heteroatoms. The van der Waals surface area contributed by atoms with Gasteiger partial charge < -0.3 is 9.47 Å². The molecule has 2 aliphatic rings. The van der Waals surface area contributed by atoms with Gasteiger partial charge in [-0.2, -0.15) is 0 Å². The minimum atomic E-state index is 0.520. The SMILES string of the molecule is CC.CC1CCC(C)O1.CC1CCC(C)OC1. The molecule has 0 aromatic carbocycles. The molecule has 0 aromatic rings. The molecule has 0 N–H and O–H groups in total. The van der Waals surface area contributed by atoms with Gasteiger partial charge in [-0.25, -0.2) is 0 Å². The number of hydrogen-bond donors (Lipinski definition) is 0. The Hall–Kier alpha value is -0.0800. The normalized spacial score (nSPS) is 36.4. The van der Waals surface area contributed by atoms with E-state index in [0.29, 0.717) is 18.3 Å². The molecular weight excluding hydrogens is 212 g/mol. The molecule has 4 unspecified atom stereocenters. The minimum absolute atomic E-state index is 0.520. The van der Waals surface area contributed by atoms with Crippen molar-refractivity contribution >= 4 is 0 Å². The van der Waals surface area contributed by atoms with Gasteiger partial charge in [0.1, 0.15) is 0 Å². The third-order valence-electron chi connectivity index (χ3n) is 3.18. The van der Waals surface area contributed by atoms with E-state index in [2.05, 4.69) is 27.7 Å². The highest BCUT2D eigenvalue weighted by molar-refractivity contribution is 4.65. The molecule has 2 aliphatic heterocycles. The van der Waals surface area contributed by atoms with E-state index in [9.17, 15) is 0 Å². The fourth-order valence-corrected chi connectivity index (χ4v) is 2.02. The molecule has 0 bridgehead atoms. The zero-order chi connectivity index (χ0) is 13.3. The topological polar surface area (TPSA) is 18.5 Å². The van der Waals surface area contributed by atoms with E-state index >= 15 is 0 Å². The van der Waals surface area contributed by atoms with E-state index in [-0.39, 0.29) is 0 Å².